The maximum absolute atomic E-state index is 4.66. The first-order chi connectivity index (χ1) is 9.92. The highest BCUT2D eigenvalue weighted by Crippen LogP contribution is 2.29. The van der Waals surface area contributed by atoms with Gasteiger partial charge in [0, 0.05) is 52.5 Å². The van der Waals surface area contributed by atoms with Crippen LogP contribution in [0.15, 0.2) is 49.2 Å². The molecule has 0 atom stereocenters. The standard InChI is InChI=1S/C16H10N4/c1-2-4-20-9-12-15-14-10(7-18-12)5-17-6-11(14)8-19-16(15)13(20)3-1/h1-8H,9H2. The third-order valence-electron chi connectivity index (χ3n) is 3.98. The van der Waals surface area contributed by atoms with Crippen LogP contribution >= 0.6 is 0 Å². The number of fused-ring (bicyclic) bond motifs is 1. The summed E-state index contributed by atoms with van der Waals surface area (Å²) in [6.07, 6.45) is 15.8. The Labute approximate surface area is 114 Å². The van der Waals surface area contributed by atoms with Crippen molar-refractivity contribution in [1.29, 1.82) is 0 Å². The molecule has 5 rings (SSSR count). The minimum absolute atomic E-state index is 0.794. The number of allylic oxidation sites excluding steroid dienone is 2. The Morgan fingerprint density at radius 3 is 2.65 bits per heavy atom. The lowest BCUT2D eigenvalue weighted by Crippen LogP contribution is -2.30. The van der Waals surface area contributed by atoms with Gasteiger partial charge in [0.2, 0.25) is 0 Å². The van der Waals surface area contributed by atoms with Crippen LogP contribution < -0.4 is 5.35 Å². The molecule has 0 amide bonds. The second-order valence-corrected chi connectivity index (χ2v) is 5.09. The van der Waals surface area contributed by atoms with Gasteiger partial charge in [-0.25, -0.2) is 0 Å². The maximum atomic E-state index is 4.66. The van der Waals surface area contributed by atoms with Gasteiger partial charge in [0.25, 0.3) is 0 Å². The summed E-state index contributed by atoms with van der Waals surface area (Å²) < 4.78 is 0. The van der Waals surface area contributed by atoms with Crippen LogP contribution in [-0.4, -0.2) is 19.9 Å². The first-order valence-corrected chi connectivity index (χ1v) is 6.57. The van der Waals surface area contributed by atoms with Crippen LogP contribution in [0.5, 0.6) is 0 Å². The second kappa shape index (κ2) is 3.42. The van der Waals surface area contributed by atoms with Crippen LogP contribution in [0.1, 0.15) is 5.69 Å². The van der Waals surface area contributed by atoms with E-state index >= 15 is 0 Å². The minimum atomic E-state index is 0.794. The molecule has 5 heterocycles. The Morgan fingerprint density at radius 1 is 0.900 bits per heavy atom. The van der Waals surface area contributed by atoms with Crippen LogP contribution in [0.2, 0.25) is 0 Å². The quantitative estimate of drug-likeness (QED) is 0.617. The highest BCUT2D eigenvalue weighted by Gasteiger charge is 2.21. The van der Waals surface area contributed by atoms with E-state index in [1.165, 1.54) is 10.8 Å². The average molecular weight is 258 g/mol. The smallest absolute Gasteiger partial charge is 0.0964 e. The number of hydrogen-bond acceptors (Lipinski definition) is 4. The van der Waals surface area contributed by atoms with Gasteiger partial charge in [-0.1, -0.05) is 6.08 Å². The molecule has 2 aliphatic heterocycles. The van der Waals surface area contributed by atoms with Crippen molar-refractivity contribution in [1.82, 2.24) is 19.9 Å². The molecule has 0 unspecified atom stereocenters. The lowest BCUT2D eigenvalue weighted by molar-refractivity contribution is 0.509. The molecular formula is C16H10N4. The van der Waals surface area contributed by atoms with Crippen LogP contribution in [0.4, 0.5) is 0 Å². The number of aromatic nitrogens is 3. The first kappa shape index (κ1) is 10.1. The van der Waals surface area contributed by atoms with Crippen LogP contribution in [0.3, 0.4) is 0 Å². The van der Waals surface area contributed by atoms with E-state index in [0.717, 1.165) is 34.1 Å². The molecule has 94 valence electrons. The molecule has 0 N–H and O–H groups in total. The van der Waals surface area contributed by atoms with Gasteiger partial charge in [0.05, 0.1) is 23.3 Å². The number of pyridine rings is 3. The van der Waals surface area contributed by atoms with Gasteiger partial charge in [-0.05, 0) is 12.2 Å². The topological polar surface area (TPSA) is 41.9 Å². The Kier molecular flexibility index (Phi) is 1.72. The highest BCUT2D eigenvalue weighted by molar-refractivity contribution is 6.10. The molecule has 0 fully saturated rings. The number of nitrogens with zero attached hydrogens (tertiary/aromatic N) is 4. The van der Waals surface area contributed by atoms with E-state index in [2.05, 4.69) is 38.2 Å². The average Bonchev–Trinajstić information content (AvgIpc) is 2.52. The van der Waals surface area contributed by atoms with Gasteiger partial charge < -0.3 is 4.90 Å². The van der Waals surface area contributed by atoms with Crippen molar-refractivity contribution < 1.29 is 0 Å². The lowest BCUT2D eigenvalue weighted by atomic mass is 10.0. The van der Waals surface area contributed by atoms with E-state index in [9.17, 15) is 0 Å². The van der Waals surface area contributed by atoms with Crippen molar-refractivity contribution >= 4 is 27.2 Å². The first-order valence-electron chi connectivity index (χ1n) is 6.57. The number of rotatable bonds is 0. The van der Waals surface area contributed by atoms with Crippen molar-refractivity contribution in [3.63, 3.8) is 0 Å². The zero-order chi connectivity index (χ0) is 13.1. The van der Waals surface area contributed by atoms with Crippen LogP contribution in [-0.2, 0) is 6.54 Å². The summed E-state index contributed by atoms with van der Waals surface area (Å²) in [6, 6.07) is 0. The molecule has 0 spiro atoms. The summed E-state index contributed by atoms with van der Waals surface area (Å²) in [5, 5.41) is 5.57. The predicted molar refractivity (Wildman–Crippen MR) is 77.3 cm³/mol. The van der Waals surface area contributed by atoms with E-state index in [1.807, 2.05) is 30.9 Å². The summed E-state index contributed by atoms with van der Waals surface area (Å²) in [5.41, 5.74) is 2.23. The lowest BCUT2D eigenvalue weighted by Gasteiger charge is -2.28. The Morgan fingerprint density at radius 2 is 1.75 bits per heavy atom. The molecule has 3 aromatic rings. The fourth-order valence-corrected chi connectivity index (χ4v) is 3.09. The molecule has 0 bridgehead atoms. The highest BCUT2D eigenvalue weighted by atomic mass is 15.1. The maximum Gasteiger partial charge on any atom is 0.0964 e. The van der Waals surface area contributed by atoms with Crippen molar-refractivity contribution in [3.05, 3.63) is 60.3 Å². The van der Waals surface area contributed by atoms with Crippen LogP contribution in [0.25, 0.3) is 27.2 Å². The molecule has 4 heteroatoms. The van der Waals surface area contributed by atoms with Gasteiger partial charge >= 0.3 is 0 Å². The van der Waals surface area contributed by atoms with E-state index < -0.39 is 0 Å². The Balaban J connectivity index is 2.11. The zero-order valence-electron chi connectivity index (χ0n) is 10.6. The summed E-state index contributed by atoms with van der Waals surface area (Å²) in [7, 11) is 0. The van der Waals surface area contributed by atoms with Crippen molar-refractivity contribution in [2.45, 2.75) is 6.54 Å². The summed E-state index contributed by atoms with van der Waals surface area (Å²) in [6.45, 7) is 0.794. The third-order valence-corrected chi connectivity index (χ3v) is 3.98. The molecule has 0 aliphatic carbocycles. The minimum Gasteiger partial charge on any atom is -0.340 e. The van der Waals surface area contributed by atoms with E-state index in [0.29, 0.717) is 0 Å². The molecule has 20 heavy (non-hydrogen) atoms. The van der Waals surface area contributed by atoms with E-state index in [1.54, 1.807) is 0 Å². The molecule has 0 aromatic carbocycles. The van der Waals surface area contributed by atoms with Crippen molar-refractivity contribution in [2.24, 2.45) is 0 Å². The van der Waals surface area contributed by atoms with Crippen molar-refractivity contribution in [3.8, 4) is 0 Å². The molecular weight excluding hydrogens is 248 g/mol. The predicted octanol–water partition coefficient (Wildman–Crippen LogP) is 1.90. The normalized spacial score (nSPS) is 16.2. The molecule has 0 radical (unpaired) electrons. The Bertz CT molecular complexity index is 969. The fraction of sp³-hybridized carbons (Fsp3) is 0.0625. The van der Waals surface area contributed by atoms with E-state index in [4.69, 9.17) is 0 Å². The van der Waals surface area contributed by atoms with Crippen LogP contribution in [0, 0.1) is 0 Å². The van der Waals surface area contributed by atoms with Gasteiger partial charge in [0.1, 0.15) is 0 Å². The molecule has 0 saturated heterocycles. The largest absolute Gasteiger partial charge is 0.340 e. The summed E-state index contributed by atoms with van der Waals surface area (Å²) >= 11 is 0. The molecule has 4 nitrogen and oxygen atoms in total. The molecule has 0 saturated carbocycles. The SMILES string of the molecule is C1=CC2=c3ncc4cncc5cnc(c3c54)CN2C=C1. The molecule has 3 aromatic heterocycles. The fourth-order valence-electron chi connectivity index (χ4n) is 3.09. The van der Waals surface area contributed by atoms with Gasteiger partial charge in [0.15, 0.2) is 0 Å². The number of hydrogen-bond donors (Lipinski definition) is 0. The third kappa shape index (κ3) is 1.13. The van der Waals surface area contributed by atoms with Gasteiger partial charge in [-0.15, -0.1) is 0 Å². The van der Waals surface area contributed by atoms with Gasteiger partial charge in [-0.2, -0.15) is 0 Å². The monoisotopic (exact) mass is 258 g/mol. The van der Waals surface area contributed by atoms with Crippen molar-refractivity contribution in [2.75, 3.05) is 0 Å². The van der Waals surface area contributed by atoms with Gasteiger partial charge in [-0.3, -0.25) is 15.0 Å². The Hall–Kier alpha value is -2.75. The summed E-state index contributed by atoms with van der Waals surface area (Å²) in [5.74, 6) is 0. The summed E-state index contributed by atoms with van der Waals surface area (Å²) in [4.78, 5) is 15.7. The zero-order valence-corrected chi connectivity index (χ0v) is 10.6. The van der Waals surface area contributed by atoms with E-state index in [-0.39, 0.29) is 0 Å². The molecule has 2 aliphatic rings. The second-order valence-electron chi connectivity index (χ2n) is 5.09.